The maximum absolute atomic E-state index is 13.6. The molecule has 0 spiro atoms. The summed E-state index contributed by atoms with van der Waals surface area (Å²) in [6, 6.07) is 4.60. The molecule has 1 unspecified atom stereocenters. The molecule has 0 amide bonds. The third-order valence-corrected chi connectivity index (χ3v) is 2.82. The molecule has 0 bridgehead atoms. The van der Waals surface area contributed by atoms with Crippen molar-refractivity contribution in [2.45, 2.75) is 25.9 Å². The van der Waals surface area contributed by atoms with Gasteiger partial charge in [0.25, 0.3) is 0 Å². The van der Waals surface area contributed by atoms with Gasteiger partial charge in [-0.3, -0.25) is 4.68 Å². The molecule has 96 valence electrons. The Morgan fingerprint density at radius 3 is 3.00 bits per heavy atom. The van der Waals surface area contributed by atoms with E-state index in [9.17, 15) is 4.39 Å². The van der Waals surface area contributed by atoms with Crippen LogP contribution in [0.5, 0.6) is 0 Å². The molecule has 2 aromatic rings. The molecule has 0 aliphatic rings. The first-order valence-electron chi connectivity index (χ1n) is 5.75. The van der Waals surface area contributed by atoms with Crippen molar-refractivity contribution in [2.75, 3.05) is 0 Å². The molecule has 3 nitrogen and oxygen atoms in total. The number of nitrogens with zero attached hydrogens (tertiary/aromatic N) is 2. The fraction of sp³-hybridized carbons (Fsp3) is 0.308. The minimum absolute atomic E-state index is 0.0885. The Morgan fingerprint density at radius 2 is 2.28 bits per heavy atom. The second-order valence-electron chi connectivity index (χ2n) is 4.46. The lowest BCUT2D eigenvalue weighted by Crippen LogP contribution is -2.17. The van der Waals surface area contributed by atoms with E-state index in [1.807, 2.05) is 13.1 Å². The highest BCUT2D eigenvalue weighted by Gasteiger charge is 2.06. The number of halogens is 2. The summed E-state index contributed by atoms with van der Waals surface area (Å²) in [5.41, 5.74) is 7.29. The van der Waals surface area contributed by atoms with Crippen LogP contribution in [0.1, 0.15) is 18.1 Å². The molecule has 1 aromatic carbocycles. The van der Waals surface area contributed by atoms with E-state index in [4.69, 9.17) is 17.3 Å². The highest BCUT2D eigenvalue weighted by atomic mass is 35.5. The predicted octanol–water partition coefficient (Wildman–Crippen LogP) is 2.61. The molecule has 1 heterocycles. The fourth-order valence-corrected chi connectivity index (χ4v) is 2.00. The second-order valence-corrected chi connectivity index (χ2v) is 4.90. The maximum Gasteiger partial charge on any atom is 0.128 e. The molecule has 0 saturated carbocycles. The van der Waals surface area contributed by atoms with Crippen molar-refractivity contribution in [3.05, 3.63) is 52.6 Å². The SMILES string of the molecule is CC(N)Cc1cnn(Cc2cc(Cl)ccc2F)c1. The topological polar surface area (TPSA) is 43.8 Å². The highest BCUT2D eigenvalue weighted by Crippen LogP contribution is 2.16. The van der Waals surface area contributed by atoms with Gasteiger partial charge in [-0.05, 0) is 37.1 Å². The lowest BCUT2D eigenvalue weighted by molar-refractivity contribution is 0.585. The molecule has 0 aliphatic carbocycles. The molecular weight excluding hydrogens is 253 g/mol. The molecule has 2 N–H and O–H groups in total. The van der Waals surface area contributed by atoms with Crippen molar-refractivity contribution in [3.8, 4) is 0 Å². The normalized spacial score (nSPS) is 12.7. The van der Waals surface area contributed by atoms with Gasteiger partial charge in [-0.2, -0.15) is 5.10 Å². The Morgan fingerprint density at radius 1 is 1.50 bits per heavy atom. The van der Waals surface area contributed by atoms with Crippen LogP contribution in [0.3, 0.4) is 0 Å². The summed E-state index contributed by atoms with van der Waals surface area (Å²) >= 11 is 5.84. The van der Waals surface area contributed by atoms with E-state index in [1.54, 1.807) is 16.9 Å². The van der Waals surface area contributed by atoms with Gasteiger partial charge in [-0.25, -0.2) is 4.39 Å². The minimum atomic E-state index is -0.274. The van der Waals surface area contributed by atoms with Crippen molar-refractivity contribution < 1.29 is 4.39 Å². The van der Waals surface area contributed by atoms with E-state index in [1.165, 1.54) is 12.1 Å². The average Bonchev–Trinajstić information content (AvgIpc) is 2.70. The lowest BCUT2D eigenvalue weighted by Gasteiger charge is -2.04. The molecule has 1 atom stereocenters. The monoisotopic (exact) mass is 267 g/mol. The second kappa shape index (κ2) is 5.50. The van der Waals surface area contributed by atoms with Gasteiger partial charge in [-0.15, -0.1) is 0 Å². The van der Waals surface area contributed by atoms with Crippen LogP contribution >= 0.6 is 11.6 Å². The van der Waals surface area contributed by atoms with E-state index >= 15 is 0 Å². The molecule has 0 aliphatic heterocycles. The van der Waals surface area contributed by atoms with Gasteiger partial charge in [0.2, 0.25) is 0 Å². The molecule has 5 heteroatoms. The zero-order chi connectivity index (χ0) is 13.1. The van der Waals surface area contributed by atoms with E-state index < -0.39 is 0 Å². The maximum atomic E-state index is 13.6. The van der Waals surface area contributed by atoms with Gasteiger partial charge >= 0.3 is 0 Å². The van der Waals surface area contributed by atoms with E-state index in [0.29, 0.717) is 17.1 Å². The molecule has 0 radical (unpaired) electrons. The number of rotatable bonds is 4. The third kappa shape index (κ3) is 3.31. The van der Waals surface area contributed by atoms with Crippen LogP contribution in [0.15, 0.2) is 30.6 Å². The van der Waals surface area contributed by atoms with Gasteiger partial charge in [-0.1, -0.05) is 11.6 Å². The number of benzene rings is 1. The van der Waals surface area contributed by atoms with Gasteiger partial charge in [0.05, 0.1) is 12.7 Å². The molecular formula is C13H15ClFN3. The number of hydrogen-bond acceptors (Lipinski definition) is 2. The summed E-state index contributed by atoms with van der Waals surface area (Å²) in [5.74, 6) is -0.274. The van der Waals surface area contributed by atoms with Gasteiger partial charge in [0.1, 0.15) is 5.82 Å². The molecule has 0 fully saturated rings. The number of nitrogens with two attached hydrogens (primary N) is 1. The molecule has 2 rings (SSSR count). The predicted molar refractivity (Wildman–Crippen MR) is 70.1 cm³/mol. The lowest BCUT2D eigenvalue weighted by atomic mass is 10.1. The standard InChI is InChI=1S/C13H15ClFN3/c1-9(16)4-10-6-17-18(7-10)8-11-5-12(14)2-3-13(11)15/h2-3,5-7,9H,4,8,16H2,1H3. The zero-order valence-electron chi connectivity index (χ0n) is 10.1. The van der Waals surface area contributed by atoms with Crippen molar-refractivity contribution in [2.24, 2.45) is 5.73 Å². The van der Waals surface area contributed by atoms with Crippen LogP contribution in [0.2, 0.25) is 5.02 Å². The number of hydrogen-bond donors (Lipinski definition) is 1. The Hall–Kier alpha value is -1.39. The van der Waals surface area contributed by atoms with Crippen LogP contribution in [-0.2, 0) is 13.0 Å². The van der Waals surface area contributed by atoms with Gasteiger partial charge in [0, 0.05) is 22.8 Å². The Labute approximate surface area is 110 Å². The van der Waals surface area contributed by atoms with E-state index in [0.717, 1.165) is 12.0 Å². The van der Waals surface area contributed by atoms with Crippen molar-refractivity contribution in [1.29, 1.82) is 0 Å². The van der Waals surface area contributed by atoms with Crippen molar-refractivity contribution >= 4 is 11.6 Å². The van der Waals surface area contributed by atoms with Crippen LogP contribution in [0, 0.1) is 5.82 Å². The Kier molecular flexibility index (Phi) is 3.99. The van der Waals surface area contributed by atoms with Crippen molar-refractivity contribution in [1.82, 2.24) is 9.78 Å². The first-order valence-corrected chi connectivity index (χ1v) is 6.13. The molecule has 1 aromatic heterocycles. The van der Waals surface area contributed by atoms with Crippen LogP contribution in [0.25, 0.3) is 0 Å². The minimum Gasteiger partial charge on any atom is -0.328 e. The van der Waals surface area contributed by atoms with Crippen LogP contribution < -0.4 is 5.73 Å². The fourth-order valence-electron chi connectivity index (χ4n) is 1.81. The summed E-state index contributed by atoms with van der Waals surface area (Å²) in [6.45, 7) is 2.30. The zero-order valence-corrected chi connectivity index (χ0v) is 10.9. The summed E-state index contributed by atoms with van der Waals surface area (Å²) in [7, 11) is 0. The molecule has 0 saturated heterocycles. The van der Waals surface area contributed by atoms with E-state index in [-0.39, 0.29) is 11.9 Å². The molecule has 18 heavy (non-hydrogen) atoms. The first-order chi connectivity index (χ1) is 8.54. The summed E-state index contributed by atoms with van der Waals surface area (Å²) in [4.78, 5) is 0. The van der Waals surface area contributed by atoms with Gasteiger partial charge in [0.15, 0.2) is 0 Å². The van der Waals surface area contributed by atoms with Crippen LogP contribution in [-0.4, -0.2) is 15.8 Å². The number of aromatic nitrogens is 2. The Bertz CT molecular complexity index is 537. The van der Waals surface area contributed by atoms with Crippen LogP contribution in [0.4, 0.5) is 4.39 Å². The van der Waals surface area contributed by atoms with Gasteiger partial charge < -0.3 is 5.73 Å². The highest BCUT2D eigenvalue weighted by molar-refractivity contribution is 6.30. The quantitative estimate of drug-likeness (QED) is 0.925. The first kappa shape index (κ1) is 13.1. The van der Waals surface area contributed by atoms with Crippen molar-refractivity contribution in [3.63, 3.8) is 0 Å². The summed E-state index contributed by atoms with van der Waals surface area (Å²) in [6.07, 6.45) is 4.40. The smallest absolute Gasteiger partial charge is 0.128 e. The Balaban J connectivity index is 2.13. The van der Waals surface area contributed by atoms with E-state index in [2.05, 4.69) is 5.10 Å². The largest absolute Gasteiger partial charge is 0.328 e. The summed E-state index contributed by atoms with van der Waals surface area (Å²) in [5, 5.41) is 4.71. The third-order valence-electron chi connectivity index (χ3n) is 2.58. The summed E-state index contributed by atoms with van der Waals surface area (Å²) < 4.78 is 15.2. The average molecular weight is 268 g/mol.